The summed E-state index contributed by atoms with van der Waals surface area (Å²) in [4.78, 5) is 16.4. The van der Waals surface area contributed by atoms with Gasteiger partial charge in [0.2, 0.25) is 5.91 Å². The molecule has 2 aromatic heterocycles. The van der Waals surface area contributed by atoms with Gasteiger partial charge in [0.15, 0.2) is 5.76 Å². The van der Waals surface area contributed by atoms with E-state index in [-0.39, 0.29) is 5.91 Å². The van der Waals surface area contributed by atoms with Gasteiger partial charge in [-0.05, 0) is 66.8 Å². The van der Waals surface area contributed by atoms with Gasteiger partial charge in [-0.2, -0.15) is 0 Å². The van der Waals surface area contributed by atoms with Crippen molar-refractivity contribution in [2.24, 2.45) is 0 Å². The Kier molecular flexibility index (Phi) is 5.29. The molecule has 0 saturated carbocycles. The monoisotopic (exact) mass is 334 g/mol. The van der Waals surface area contributed by atoms with Gasteiger partial charge >= 0.3 is 0 Å². The molecular formula is C21H22N2O2. The zero-order valence-corrected chi connectivity index (χ0v) is 14.6. The Bertz CT molecular complexity index is 854. The second-order valence-corrected chi connectivity index (χ2v) is 6.22. The fourth-order valence-corrected chi connectivity index (χ4v) is 2.65. The Morgan fingerprint density at radius 3 is 2.72 bits per heavy atom. The molecule has 0 radical (unpaired) electrons. The van der Waals surface area contributed by atoms with Crippen LogP contribution in [-0.4, -0.2) is 10.9 Å². The van der Waals surface area contributed by atoms with E-state index < -0.39 is 0 Å². The highest BCUT2D eigenvalue weighted by atomic mass is 16.3. The summed E-state index contributed by atoms with van der Waals surface area (Å²) in [5.74, 6) is 0.775. The molecule has 0 fully saturated rings. The van der Waals surface area contributed by atoms with Crippen molar-refractivity contribution in [3.05, 3.63) is 77.2 Å². The Labute approximate surface area is 147 Å². The van der Waals surface area contributed by atoms with Crippen molar-refractivity contribution in [3.8, 4) is 11.5 Å². The lowest BCUT2D eigenvalue weighted by atomic mass is 10.0. The number of benzene rings is 1. The van der Waals surface area contributed by atoms with Crippen molar-refractivity contribution >= 4 is 5.91 Å². The minimum absolute atomic E-state index is 0.0505. The number of rotatable bonds is 6. The van der Waals surface area contributed by atoms with Gasteiger partial charge in [0, 0.05) is 19.2 Å². The summed E-state index contributed by atoms with van der Waals surface area (Å²) in [5.41, 5.74) is 5.51. The molecule has 4 nitrogen and oxygen atoms in total. The second-order valence-electron chi connectivity index (χ2n) is 6.22. The number of aromatic nitrogens is 1. The molecule has 0 atom stereocenters. The van der Waals surface area contributed by atoms with Gasteiger partial charge in [0.05, 0.1) is 6.26 Å². The Hall–Kier alpha value is -2.88. The Balaban J connectivity index is 1.52. The normalized spacial score (nSPS) is 10.6. The molecule has 1 amide bonds. The van der Waals surface area contributed by atoms with E-state index in [0.717, 1.165) is 23.4 Å². The van der Waals surface area contributed by atoms with Crippen LogP contribution in [0.1, 0.15) is 28.7 Å². The highest BCUT2D eigenvalue weighted by molar-refractivity contribution is 5.76. The van der Waals surface area contributed by atoms with Crippen molar-refractivity contribution in [2.45, 2.75) is 33.2 Å². The van der Waals surface area contributed by atoms with Gasteiger partial charge in [-0.1, -0.05) is 18.2 Å². The minimum atomic E-state index is 0.0505. The Morgan fingerprint density at radius 1 is 1.08 bits per heavy atom. The number of hydrogen-bond donors (Lipinski definition) is 1. The predicted octanol–water partition coefficient (Wildman–Crippen LogP) is 4.21. The number of nitrogens with one attached hydrogen (secondary N) is 1. The first-order chi connectivity index (χ1) is 12.1. The van der Waals surface area contributed by atoms with Crippen LogP contribution in [0.4, 0.5) is 0 Å². The van der Waals surface area contributed by atoms with E-state index in [2.05, 4.69) is 42.3 Å². The van der Waals surface area contributed by atoms with Gasteiger partial charge in [0.1, 0.15) is 5.69 Å². The van der Waals surface area contributed by atoms with Crippen molar-refractivity contribution < 1.29 is 9.21 Å². The van der Waals surface area contributed by atoms with Gasteiger partial charge in [0.25, 0.3) is 0 Å². The fourth-order valence-electron chi connectivity index (χ4n) is 2.65. The molecule has 1 N–H and O–H groups in total. The number of carbonyl (C=O) groups excluding carboxylic acids is 1. The fraction of sp³-hybridized carbons (Fsp3) is 0.238. The van der Waals surface area contributed by atoms with Crippen LogP contribution in [0.25, 0.3) is 11.5 Å². The number of nitrogens with zero attached hydrogens (tertiary/aromatic N) is 1. The summed E-state index contributed by atoms with van der Waals surface area (Å²) in [6, 6.07) is 13.9. The number of furan rings is 1. The molecule has 0 spiro atoms. The van der Waals surface area contributed by atoms with Crippen molar-refractivity contribution in [2.75, 3.05) is 0 Å². The molecule has 0 aliphatic rings. The molecular weight excluding hydrogens is 312 g/mol. The first kappa shape index (κ1) is 17.0. The predicted molar refractivity (Wildman–Crippen MR) is 98.0 cm³/mol. The molecule has 1 aromatic carbocycles. The lowest BCUT2D eigenvalue weighted by Gasteiger charge is -2.08. The smallest absolute Gasteiger partial charge is 0.220 e. The van der Waals surface area contributed by atoms with Crippen molar-refractivity contribution in [1.82, 2.24) is 10.3 Å². The van der Waals surface area contributed by atoms with E-state index in [9.17, 15) is 4.79 Å². The summed E-state index contributed by atoms with van der Waals surface area (Å²) >= 11 is 0. The first-order valence-electron chi connectivity index (χ1n) is 8.43. The van der Waals surface area contributed by atoms with Crippen molar-refractivity contribution in [1.29, 1.82) is 0 Å². The molecule has 0 aliphatic heterocycles. The first-order valence-corrected chi connectivity index (χ1v) is 8.43. The van der Waals surface area contributed by atoms with E-state index >= 15 is 0 Å². The van der Waals surface area contributed by atoms with Crippen LogP contribution in [0.3, 0.4) is 0 Å². The van der Waals surface area contributed by atoms with E-state index in [1.165, 1.54) is 16.7 Å². The van der Waals surface area contributed by atoms with Crippen LogP contribution in [0, 0.1) is 13.8 Å². The van der Waals surface area contributed by atoms with Gasteiger partial charge in [-0.25, -0.2) is 0 Å². The van der Waals surface area contributed by atoms with Crippen LogP contribution in [0.2, 0.25) is 0 Å². The largest absolute Gasteiger partial charge is 0.463 e. The van der Waals surface area contributed by atoms with Crippen LogP contribution in [0.5, 0.6) is 0 Å². The SMILES string of the molecule is Cc1ccc(CCC(=O)NCc2ccnc(-c3ccco3)c2)cc1C. The number of carbonyl (C=O) groups is 1. The molecule has 0 saturated heterocycles. The lowest BCUT2D eigenvalue weighted by molar-refractivity contribution is -0.121. The molecule has 128 valence electrons. The van der Waals surface area contributed by atoms with E-state index in [0.29, 0.717) is 13.0 Å². The quantitative estimate of drug-likeness (QED) is 0.735. The highest BCUT2D eigenvalue weighted by Crippen LogP contribution is 2.18. The van der Waals surface area contributed by atoms with Crippen LogP contribution in [0.15, 0.2) is 59.3 Å². The molecule has 2 heterocycles. The number of aryl methyl sites for hydroxylation is 3. The summed E-state index contributed by atoms with van der Waals surface area (Å²) in [6.45, 7) is 4.68. The summed E-state index contributed by atoms with van der Waals surface area (Å²) in [7, 11) is 0. The molecule has 0 bridgehead atoms. The minimum Gasteiger partial charge on any atom is -0.463 e. The third-order valence-electron chi connectivity index (χ3n) is 4.30. The number of pyridine rings is 1. The zero-order chi connectivity index (χ0) is 17.6. The third-order valence-corrected chi connectivity index (χ3v) is 4.30. The maximum absolute atomic E-state index is 12.1. The second kappa shape index (κ2) is 7.79. The number of amides is 1. The standard InChI is InChI=1S/C21H22N2O2/c1-15-5-6-17(12-16(15)2)7-8-21(24)23-14-18-9-10-22-19(13-18)20-4-3-11-25-20/h3-6,9-13H,7-8,14H2,1-2H3,(H,23,24). The van der Waals surface area contributed by atoms with E-state index in [4.69, 9.17) is 4.42 Å². The summed E-state index contributed by atoms with van der Waals surface area (Å²) < 4.78 is 5.36. The maximum Gasteiger partial charge on any atom is 0.220 e. The van der Waals surface area contributed by atoms with Crippen LogP contribution >= 0.6 is 0 Å². The molecule has 25 heavy (non-hydrogen) atoms. The van der Waals surface area contributed by atoms with Gasteiger partial charge < -0.3 is 9.73 Å². The zero-order valence-electron chi connectivity index (χ0n) is 14.6. The molecule has 4 heteroatoms. The third kappa shape index (κ3) is 4.57. The average Bonchev–Trinajstić information content (AvgIpc) is 3.16. The number of hydrogen-bond acceptors (Lipinski definition) is 3. The van der Waals surface area contributed by atoms with Crippen LogP contribution < -0.4 is 5.32 Å². The van der Waals surface area contributed by atoms with Gasteiger partial charge in [-0.3, -0.25) is 9.78 Å². The molecule has 3 rings (SSSR count). The summed E-state index contributed by atoms with van der Waals surface area (Å²) in [6.07, 6.45) is 4.59. The Morgan fingerprint density at radius 2 is 1.96 bits per heavy atom. The van der Waals surface area contributed by atoms with E-state index in [1.54, 1.807) is 12.5 Å². The average molecular weight is 334 g/mol. The van der Waals surface area contributed by atoms with Crippen molar-refractivity contribution in [3.63, 3.8) is 0 Å². The maximum atomic E-state index is 12.1. The van der Waals surface area contributed by atoms with Gasteiger partial charge in [-0.15, -0.1) is 0 Å². The van der Waals surface area contributed by atoms with E-state index in [1.807, 2.05) is 24.3 Å². The molecule has 0 aliphatic carbocycles. The molecule has 0 unspecified atom stereocenters. The topological polar surface area (TPSA) is 55.1 Å². The molecule has 3 aromatic rings. The summed E-state index contributed by atoms with van der Waals surface area (Å²) in [5, 5.41) is 2.97. The highest BCUT2D eigenvalue weighted by Gasteiger charge is 2.06. The van der Waals surface area contributed by atoms with Crippen LogP contribution in [-0.2, 0) is 17.8 Å². The lowest BCUT2D eigenvalue weighted by Crippen LogP contribution is -2.23.